The number of aromatic amines is 2. The Morgan fingerprint density at radius 2 is 1.05 bits per heavy atom. The molecule has 4 atom stereocenters. The SMILES string of the molecule is COC(=O)N[C@H](C(=O)N1CCC[C@H]1c1ncc(-c2cc3c4c(c2)OCc2cc(-c5cnc([C@@H]6CCCN6C(=O)[C@@H](NC(=O)OC)C6CCCC6)[nH]5)cc(c2-4)OC3)[nH]1)C1CCCC1. The van der Waals surface area contributed by atoms with E-state index in [2.05, 4.69) is 32.7 Å². The maximum Gasteiger partial charge on any atom is 0.407 e. The van der Waals surface area contributed by atoms with Crippen LogP contribution in [0.3, 0.4) is 0 Å². The molecule has 0 radical (unpaired) electrons. The van der Waals surface area contributed by atoms with E-state index in [1.165, 1.54) is 14.2 Å². The highest BCUT2D eigenvalue weighted by Crippen LogP contribution is 2.51. The van der Waals surface area contributed by atoms with E-state index in [0.29, 0.717) is 26.3 Å². The van der Waals surface area contributed by atoms with Crippen LogP contribution in [0.5, 0.6) is 11.5 Å². The number of alkyl carbamates (subject to hydrolysis) is 2. The molecule has 62 heavy (non-hydrogen) atoms. The molecule has 2 aromatic carbocycles. The van der Waals surface area contributed by atoms with Crippen molar-refractivity contribution in [2.45, 2.75) is 114 Å². The third-order valence-corrected chi connectivity index (χ3v) is 14.1. The number of nitrogens with zero attached hydrogens (tertiary/aromatic N) is 4. The van der Waals surface area contributed by atoms with Crippen LogP contribution >= 0.6 is 0 Å². The summed E-state index contributed by atoms with van der Waals surface area (Å²) in [4.78, 5) is 73.0. The van der Waals surface area contributed by atoms with Crippen molar-refractivity contribution in [2.75, 3.05) is 27.3 Å². The number of methoxy groups -OCH3 is 2. The Bertz CT molecular complexity index is 2170. The first-order chi connectivity index (χ1) is 30.3. The number of rotatable bonds is 10. The second-order valence-corrected chi connectivity index (χ2v) is 17.7. The topological polar surface area (TPSA) is 193 Å². The van der Waals surface area contributed by atoms with Crippen molar-refractivity contribution in [3.8, 4) is 45.1 Å². The fourth-order valence-electron chi connectivity index (χ4n) is 11.0. The summed E-state index contributed by atoms with van der Waals surface area (Å²) in [5.74, 6) is 3.00. The van der Waals surface area contributed by atoms with E-state index in [0.717, 1.165) is 145 Å². The van der Waals surface area contributed by atoms with Crippen LogP contribution in [0.1, 0.15) is 112 Å². The van der Waals surface area contributed by atoms with Crippen molar-refractivity contribution < 1.29 is 38.1 Å². The highest BCUT2D eigenvalue weighted by molar-refractivity contribution is 5.89. The third kappa shape index (κ3) is 7.30. The van der Waals surface area contributed by atoms with Gasteiger partial charge in [-0.05, 0) is 87.5 Å². The Hall–Kier alpha value is -6.06. The fourth-order valence-corrected chi connectivity index (χ4v) is 11.0. The lowest BCUT2D eigenvalue weighted by atomic mass is 9.87. The maximum atomic E-state index is 14.0. The zero-order chi connectivity index (χ0) is 42.5. The van der Waals surface area contributed by atoms with E-state index in [-0.39, 0.29) is 35.7 Å². The van der Waals surface area contributed by atoms with Crippen LogP contribution in [0, 0.1) is 11.8 Å². The van der Waals surface area contributed by atoms with Crippen LogP contribution < -0.4 is 20.1 Å². The Morgan fingerprint density at radius 1 is 0.629 bits per heavy atom. The van der Waals surface area contributed by atoms with E-state index in [4.69, 9.17) is 28.9 Å². The molecule has 6 aliphatic rings. The van der Waals surface area contributed by atoms with Gasteiger partial charge in [0.25, 0.3) is 0 Å². The number of H-pyrrole nitrogens is 2. The van der Waals surface area contributed by atoms with Crippen LogP contribution in [0.4, 0.5) is 9.59 Å². The van der Waals surface area contributed by atoms with E-state index < -0.39 is 24.3 Å². The maximum absolute atomic E-state index is 14.0. The molecule has 16 heteroatoms. The molecule has 4 amide bonds. The summed E-state index contributed by atoms with van der Waals surface area (Å²) in [5.41, 5.74) is 7.53. The Kier molecular flexibility index (Phi) is 10.8. The van der Waals surface area contributed by atoms with Crippen LogP contribution in [-0.2, 0) is 32.3 Å². The number of nitrogens with one attached hydrogen (secondary N) is 4. The molecule has 6 heterocycles. The van der Waals surface area contributed by atoms with Gasteiger partial charge in [0.05, 0.1) is 50.1 Å². The molecule has 0 bridgehead atoms. The molecule has 0 unspecified atom stereocenters. The zero-order valence-electron chi connectivity index (χ0n) is 35.3. The van der Waals surface area contributed by atoms with Crippen LogP contribution in [-0.4, -0.2) is 93.1 Å². The number of hydrogen-bond acceptors (Lipinski definition) is 10. The molecule has 4 aromatic rings. The summed E-state index contributed by atoms with van der Waals surface area (Å²) in [5, 5.41) is 5.70. The second-order valence-electron chi connectivity index (χ2n) is 17.7. The van der Waals surface area contributed by atoms with Gasteiger partial charge in [-0.15, -0.1) is 0 Å². The number of carbonyl (C=O) groups is 4. The first kappa shape index (κ1) is 40.0. The molecule has 2 aliphatic carbocycles. The minimum atomic E-state index is -0.620. The smallest absolute Gasteiger partial charge is 0.407 e. The van der Waals surface area contributed by atoms with Crippen LogP contribution in [0.25, 0.3) is 33.6 Å². The molecule has 2 saturated heterocycles. The lowest BCUT2D eigenvalue weighted by molar-refractivity contribution is -0.136. The fraction of sp³-hybridized carbons (Fsp3) is 0.522. The minimum Gasteiger partial charge on any atom is -0.488 e. The van der Waals surface area contributed by atoms with Gasteiger partial charge in [-0.3, -0.25) is 9.59 Å². The van der Waals surface area contributed by atoms with Gasteiger partial charge in [-0.1, -0.05) is 25.7 Å². The van der Waals surface area contributed by atoms with Crippen LogP contribution in [0.2, 0.25) is 0 Å². The molecule has 4 N–H and O–H groups in total. The summed E-state index contributed by atoms with van der Waals surface area (Å²) < 4.78 is 22.7. The lowest BCUT2D eigenvalue weighted by Crippen LogP contribution is -2.51. The lowest BCUT2D eigenvalue weighted by Gasteiger charge is -2.31. The van der Waals surface area contributed by atoms with Gasteiger partial charge < -0.3 is 49.3 Å². The number of benzene rings is 2. The third-order valence-electron chi connectivity index (χ3n) is 14.1. The van der Waals surface area contributed by atoms with Gasteiger partial charge in [0, 0.05) is 46.5 Å². The Balaban J connectivity index is 0.869. The van der Waals surface area contributed by atoms with Gasteiger partial charge in [0.1, 0.15) is 48.4 Å². The molecule has 4 fully saturated rings. The number of imidazole rings is 2. The highest BCUT2D eigenvalue weighted by atomic mass is 16.5. The number of amides is 4. The first-order valence-corrected chi connectivity index (χ1v) is 22.3. The Morgan fingerprint density at radius 3 is 1.45 bits per heavy atom. The van der Waals surface area contributed by atoms with Crippen molar-refractivity contribution in [3.63, 3.8) is 0 Å². The van der Waals surface area contributed by atoms with Crippen molar-refractivity contribution >= 4 is 24.0 Å². The second kappa shape index (κ2) is 16.7. The van der Waals surface area contributed by atoms with E-state index in [1.54, 1.807) is 0 Å². The number of aromatic nitrogens is 4. The molecule has 16 nitrogen and oxygen atoms in total. The van der Waals surface area contributed by atoms with Gasteiger partial charge in [0.15, 0.2) is 0 Å². The molecule has 2 saturated carbocycles. The van der Waals surface area contributed by atoms with E-state index in [9.17, 15) is 19.2 Å². The Labute approximate surface area is 359 Å². The van der Waals surface area contributed by atoms with Crippen molar-refractivity contribution in [3.05, 3.63) is 59.4 Å². The van der Waals surface area contributed by atoms with Gasteiger partial charge in [0.2, 0.25) is 11.8 Å². The molecule has 0 spiro atoms. The quantitative estimate of drug-likeness (QED) is 0.128. The average molecular weight is 847 g/mol. The first-order valence-electron chi connectivity index (χ1n) is 22.3. The molecular formula is C46H54N8O8. The number of hydrogen-bond donors (Lipinski definition) is 4. The zero-order valence-corrected chi connectivity index (χ0v) is 35.3. The van der Waals surface area contributed by atoms with Gasteiger partial charge in [-0.25, -0.2) is 19.6 Å². The normalized spacial score (nSPS) is 21.5. The van der Waals surface area contributed by atoms with Gasteiger partial charge >= 0.3 is 12.2 Å². The van der Waals surface area contributed by atoms with Crippen LogP contribution in [0.15, 0.2) is 36.7 Å². The largest absolute Gasteiger partial charge is 0.488 e. The summed E-state index contributed by atoms with van der Waals surface area (Å²) >= 11 is 0. The number of ether oxygens (including phenoxy) is 4. The highest BCUT2D eigenvalue weighted by Gasteiger charge is 2.42. The standard InChI is InChI=1S/C46H54N8O8/c1-59-45(57)51-39(25-9-3-4-10-25)43(55)53-15-7-13-33(53)41-47-21-31(49-41)27-17-29-23-62-36-20-28(18-30-24-61-35(19-27)37(29)38(30)36)32-22-48-42(50-32)34-14-8-16-54(34)44(56)40(52-46(58)60-2)26-11-5-6-12-26/h17-22,25-26,33-34,39-40H,3-16,23-24H2,1-2H3,(H,47,49)(H,48,50)(H,51,57)(H,52,58)/t33-,34-,39-,40-/m0/s1. The predicted octanol–water partition coefficient (Wildman–Crippen LogP) is 7.08. The van der Waals surface area contributed by atoms with Crippen molar-refractivity contribution in [2.24, 2.45) is 11.8 Å². The van der Waals surface area contributed by atoms with E-state index >= 15 is 0 Å². The average Bonchev–Trinajstić information content (AvgIpc) is 4.16. The predicted molar refractivity (Wildman–Crippen MR) is 226 cm³/mol. The molecule has 326 valence electrons. The monoisotopic (exact) mass is 846 g/mol. The number of likely N-dealkylation sites (tertiary alicyclic amines) is 2. The molecule has 4 aliphatic heterocycles. The molecular weight excluding hydrogens is 793 g/mol. The van der Waals surface area contributed by atoms with E-state index in [1.807, 2.05) is 34.3 Å². The number of carbonyl (C=O) groups excluding carboxylic acids is 4. The summed E-state index contributed by atoms with van der Waals surface area (Å²) in [6.07, 6.45) is 13.5. The van der Waals surface area contributed by atoms with Crippen molar-refractivity contribution in [1.82, 2.24) is 40.4 Å². The molecule has 2 aromatic heterocycles. The van der Waals surface area contributed by atoms with Crippen molar-refractivity contribution in [1.29, 1.82) is 0 Å². The minimum absolute atomic E-state index is 0.0802. The summed E-state index contributed by atoms with van der Waals surface area (Å²) in [7, 11) is 2.65. The molecule has 10 rings (SSSR count). The van der Waals surface area contributed by atoms with Gasteiger partial charge in [-0.2, -0.15) is 0 Å². The summed E-state index contributed by atoms with van der Waals surface area (Å²) in [6.45, 7) is 1.91. The summed E-state index contributed by atoms with van der Waals surface area (Å²) in [6, 6.07) is 6.63.